The molecule has 1 unspecified atom stereocenters. The van der Waals surface area contributed by atoms with Gasteiger partial charge in [-0.3, -0.25) is 18.7 Å². The monoisotopic (exact) mass is 471 g/mol. The molecule has 1 aromatic carbocycles. The van der Waals surface area contributed by atoms with Crippen LogP contribution in [-0.4, -0.2) is 79.1 Å². The van der Waals surface area contributed by atoms with Crippen molar-refractivity contribution in [2.75, 3.05) is 24.4 Å². The van der Waals surface area contributed by atoms with Crippen LogP contribution >= 0.6 is 0 Å². The molecule has 11 heteroatoms. The second-order valence-corrected chi connectivity index (χ2v) is 10.0. The van der Waals surface area contributed by atoms with Gasteiger partial charge in [0.25, 0.3) is 0 Å². The van der Waals surface area contributed by atoms with Crippen molar-refractivity contribution in [2.24, 2.45) is 5.73 Å². The minimum Gasteiger partial charge on any atom is -0.755 e. The Labute approximate surface area is 195 Å². The molecule has 3 heterocycles. The number of rotatable bonds is 6. The third kappa shape index (κ3) is 3.91. The predicted octanol–water partition coefficient (Wildman–Crippen LogP) is 0.00688. The first kappa shape index (κ1) is 22.3. The molecule has 0 radical (unpaired) electrons. The highest BCUT2D eigenvalue weighted by atomic mass is 32.2. The van der Waals surface area contributed by atoms with Crippen molar-refractivity contribution in [3.8, 4) is 6.07 Å². The lowest BCUT2D eigenvalue weighted by molar-refractivity contribution is -0.141. The Hall–Kier alpha value is -2.52. The van der Waals surface area contributed by atoms with Gasteiger partial charge in [0.2, 0.25) is 11.8 Å². The van der Waals surface area contributed by atoms with E-state index in [9.17, 15) is 23.6 Å². The lowest BCUT2D eigenvalue weighted by atomic mass is 10.0. The van der Waals surface area contributed by atoms with Gasteiger partial charge in [0.05, 0.1) is 24.2 Å². The molecular formula is C22H27N6O4S-. The molecule has 0 saturated carbocycles. The summed E-state index contributed by atoms with van der Waals surface area (Å²) in [6.45, 7) is 1.56. The number of carbonyl (C=O) groups excluding carboxylic acids is 2. The Kier molecular flexibility index (Phi) is 5.86. The maximum absolute atomic E-state index is 13.3. The van der Waals surface area contributed by atoms with Crippen molar-refractivity contribution in [1.82, 2.24) is 14.7 Å². The van der Waals surface area contributed by atoms with E-state index in [0.29, 0.717) is 31.7 Å². The fourth-order valence-electron chi connectivity index (χ4n) is 6.05. The Bertz CT molecular complexity index is 1040. The molecule has 1 aliphatic carbocycles. The van der Waals surface area contributed by atoms with Gasteiger partial charge >= 0.3 is 0 Å². The number of nitrogens with two attached hydrogens (primary N) is 1. The fraction of sp³-hybridized carbons (Fsp3) is 0.591. The number of hydrogen-bond acceptors (Lipinski definition) is 7. The first-order valence-corrected chi connectivity index (χ1v) is 12.5. The average molecular weight is 472 g/mol. The summed E-state index contributed by atoms with van der Waals surface area (Å²) in [4.78, 5) is 31.7. The molecule has 3 aliphatic heterocycles. The summed E-state index contributed by atoms with van der Waals surface area (Å²) in [7, 11) is 0. The van der Waals surface area contributed by atoms with Crippen molar-refractivity contribution in [3.05, 3.63) is 29.3 Å². The van der Waals surface area contributed by atoms with Crippen molar-refractivity contribution in [3.63, 3.8) is 0 Å². The topological polar surface area (TPSA) is 146 Å². The molecule has 1 aromatic rings. The Morgan fingerprint density at radius 3 is 2.91 bits per heavy atom. The highest BCUT2D eigenvalue weighted by Crippen LogP contribution is 2.44. The van der Waals surface area contributed by atoms with E-state index in [-0.39, 0.29) is 29.9 Å². The summed E-state index contributed by atoms with van der Waals surface area (Å²) in [5.41, 5.74) is 8.89. The highest BCUT2D eigenvalue weighted by molar-refractivity contribution is 7.80. The number of hydrogen-bond donors (Lipinski definition) is 2. The van der Waals surface area contributed by atoms with Crippen LogP contribution in [0.1, 0.15) is 42.9 Å². The molecule has 5 rings (SSSR count). The fourth-order valence-corrected chi connectivity index (χ4v) is 6.37. The van der Waals surface area contributed by atoms with Gasteiger partial charge in [0.1, 0.15) is 6.04 Å². The number of nitrogens with one attached hydrogen (secondary N) is 1. The Morgan fingerprint density at radius 1 is 1.36 bits per heavy atom. The maximum Gasteiger partial charge on any atom is 0.241 e. The van der Waals surface area contributed by atoms with E-state index in [4.69, 9.17) is 5.73 Å². The zero-order valence-corrected chi connectivity index (χ0v) is 19.0. The van der Waals surface area contributed by atoms with Gasteiger partial charge in [-0.05, 0) is 55.4 Å². The number of likely N-dealkylation sites (tertiary alicyclic amines) is 3. The number of nitrogens with zero attached hydrogens (tertiary/aromatic N) is 4. The van der Waals surface area contributed by atoms with Crippen molar-refractivity contribution >= 4 is 28.8 Å². The van der Waals surface area contributed by atoms with Gasteiger partial charge in [-0.2, -0.15) is 5.26 Å². The first-order chi connectivity index (χ1) is 15.9. The van der Waals surface area contributed by atoms with Crippen LogP contribution in [0, 0.1) is 11.3 Å². The lowest BCUT2D eigenvalue weighted by Crippen LogP contribution is -2.56. The number of nitriles is 1. The zero-order chi connectivity index (χ0) is 23.3. The van der Waals surface area contributed by atoms with Crippen molar-refractivity contribution in [2.45, 2.75) is 62.3 Å². The third-order valence-corrected chi connectivity index (χ3v) is 7.88. The van der Waals surface area contributed by atoms with Crippen LogP contribution in [0.3, 0.4) is 0 Å². The number of aryl methyl sites for hydroxylation is 1. The number of carbonyl (C=O) groups is 2. The number of anilines is 1. The number of piperazine rings is 1. The largest absolute Gasteiger partial charge is 0.755 e. The van der Waals surface area contributed by atoms with Gasteiger partial charge in [-0.25, -0.2) is 0 Å². The molecule has 10 nitrogen and oxygen atoms in total. The molecule has 0 aromatic heterocycles. The summed E-state index contributed by atoms with van der Waals surface area (Å²) in [6.07, 6.45) is 3.84. The van der Waals surface area contributed by atoms with Crippen LogP contribution in [0.25, 0.3) is 0 Å². The quantitative estimate of drug-likeness (QED) is 0.556. The van der Waals surface area contributed by atoms with Crippen LogP contribution in [-0.2, 0) is 27.3 Å². The van der Waals surface area contributed by atoms with Crippen molar-refractivity contribution in [1.29, 1.82) is 5.26 Å². The van der Waals surface area contributed by atoms with E-state index in [1.54, 1.807) is 11.0 Å². The zero-order valence-electron chi connectivity index (χ0n) is 18.2. The molecule has 4 aliphatic rings. The SMILES string of the molecule is N#C[C@@H]1CCCN1C(=O)[C@@H](N)CN1C[C@H]2C[C@@H]1C(=O)N2[C@@H]1CCc2cc(NS(=O)[O-])ccc21. The van der Waals surface area contributed by atoms with Crippen LogP contribution in [0.5, 0.6) is 0 Å². The standard InChI is InChI=1S/C22H28N6O4S/c23-10-15-2-1-7-27(15)21(29)18(24)12-26-11-16-9-20(26)22(30)28(16)19-6-3-13-8-14(25-33(31)32)4-5-17(13)19/h4-5,8,15-16,18-20,25H,1-3,6-7,9,11-12,24H2,(H,31,32)/p-1/t15-,16+,18-,19+,20+/m0/s1. The molecule has 6 atom stereocenters. The molecule has 176 valence electrons. The number of amides is 2. The lowest BCUT2D eigenvalue weighted by Gasteiger charge is -2.38. The maximum atomic E-state index is 13.3. The summed E-state index contributed by atoms with van der Waals surface area (Å²) >= 11 is -2.37. The van der Waals surface area contributed by atoms with Crippen LogP contribution in [0.15, 0.2) is 18.2 Å². The molecule has 3 saturated heterocycles. The van der Waals surface area contributed by atoms with E-state index in [1.165, 1.54) is 0 Å². The predicted molar refractivity (Wildman–Crippen MR) is 119 cm³/mol. The summed E-state index contributed by atoms with van der Waals surface area (Å²) in [5.74, 6) is -0.137. The molecule has 3 N–H and O–H groups in total. The van der Waals surface area contributed by atoms with Crippen LogP contribution in [0.2, 0.25) is 0 Å². The van der Waals surface area contributed by atoms with Crippen LogP contribution in [0.4, 0.5) is 5.69 Å². The van der Waals surface area contributed by atoms with Gasteiger partial charge in [-0.1, -0.05) is 6.07 Å². The molecule has 33 heavy (non-hydrogen) atoms. The van der Waals surface area contributed by atoms with Gasteiger partial charge in [-0.15, -0.1) is 0 Å². The average Bonchev–Trinajstić information content (AvgIpc) is 3.55. The Morgan fingerprint density at radius 2 is 2.18 bits per heavy atom. The van der Waals surface area contributed by atoms with E-state index >= 15 is 0 Å². The minimum atomic E-state index is -2.37. The summed E-state index contributed by atoms with van der Waals surface area (Å²) in [5, 5.41) is 9.25. The summed E-state index contributed by atoms with van der Waals surface area (Å²) in [6, 6.07) is 6.31. The van der Waals surface area contributed by atoms with Crippen molar-refractivity contribution < 1.29 is 18.4 Å². The molecule has 0 spiro atoms. The minimum absolute atomic E-state index is 0.00672. The van der Waals surface area contributed by atoms with Gasteiger partial charge in [0.15, 0.2) is 0 Å². The van der Waals surface area contributed by atoms with E-state index in [0.717, 1.165) is 36.8 Å². The summed E-state index contributed by atoms with van der Waals surface area (Å²) < 4.78 is 24.2. The second-order valence-electron chi connectivity index (χ2n) is 9.33. The smallest absolute Gasteiger partial charge is 0.241 e. The van der Waals surface area contributed by atoms with Crippen LogP contribution < -0.4 is 10.5 Å². The van der Waals surface area contributed by atoms with E-state index in [2.05, 4.69) is 10.8 Å². The van der Waals surface area contributed by atoms with Gasteiger partial charge < -0.3 is 24.8 Å². The number of benzene rings is 1. The van der Waals surface area contributed by atoms with Gasteiger partial charge in [0, 0.05) is 42.6 Å². The normalized spacial score (nSPS) is 30.4. The number of fused-ring (bicyclic) bond motifs is 3. The molecule has 2 bridgehead atoms. The Balaban J connectivity index is 1.24. The molecule has 3 fully saturated rings. The van der Waals surface area contributed by atoms with E-state index < -0.39 is 23.4 Å². The molecular weight excluding hydrogens is 444 g/mol. The molecule has 2 amide bonds. The second kappa shape index (κ2) is 8.68. The van der Waals surface area contributed by atoms with E-state index in [1.807, 2.05) is 21.9 Å². The first-order valence-electron chi connectivity index (χ1n) is 11.4. The third-order valence-electron chi connectivity index (χ3n) is 7.47. The highest BCUT2D eigenvalue weighted by Gasteiger charge is 2.53.